The van der Waals surface area contributed by atoms with Gasteiger partial charge in [0.25, 0.3) is 0 Å². The Bertz CT molecular complexity index is 504. The number of benzene rings is 1. The molecule has 2 rings (SSSR count). The average molecular weight is 312 g/mol. The van der Waals surface area contributed by atoms with Crippen LogP contribution in [0, 0.1) is 0 Å². The van der Waals surface area contributed by atoms with E-state index in [0.717, 1.165) is 35.8 Å². The lowest BCUT2D eigenvalue weighted by molar-refractivity contribution is -0.137. The third-order valence-electron chi connectivity index (χ3n) is 3.77. The molecule has 5 heteroatoms. The predicted octanol–water partition coefficient (Wildman–Crippen LogP) is 3.22. The summed E-state index contributed by atoms with van der Waals surface area (Å²) < 4.78 is 5.95. The minimum Gasteiger partial charge on any atom is -0.488 e. The number of carboxylic acids is 1. The van der Waals surface area contributed by atoms with Crippen molar-refractivity contribution in [3.05, 3.63) is 28.8 Å². The van der Waals surface area contributed by atoms with Crippen LogP contribution >= 0.6 is 11.6 Å². The van der Waals surface area contributed by atoms with Crippen molar-refractivity contribution in [1.82, 2.24) is 4.90 Å². The minimum absolute atomic E-state index is 0.116. The van der Waals surface area contributed by atoms with Gasteiger partial charge in [-0.15, -0.1) is 0 Å². The van der Waals surface area contributed by atoms with E-state index in [0.29, 0.717) is 12.5 Å². The van der Waals surface area contributed by atoms with Crippen molar-refractivity contribution < 1.29 is 14.6 Å². The maximum Gasteiger partial charge on any atom is 0.303 e. The van der Waals surface area contributed by atoms with Crippen molar-refractivity contribution in [3.63, 3.8) is 0 Å². The Kier molecular flexibility index (Phi) is 5.48. The molecule has 116 valence electrons. The van der Waals surface area contributed by atoms with E-state index in [4.69, 9.17) is 21.4 Å². The normalized spacial score (nSPS) is 17.1. The fourth-order valence-electron chi connectivity index (χ4n) is 2.65. The molecule has 0 saturated carbocycles. The van der Waals surface area contributed by atoms with Crippen molar-refractivity contribution >= 4 is 17.6 Å². The van der Waals surface area contributed by atoms with E-state index in [-0.39, 0.29) is 12.5 Å². The Labute approximate surface area is 130 Å². The van der Waals surface area contributed by atoms with Gasteiger partial charge in [-0.1, -0.05) is 11.6 Å². The highest BCUT2D eigenvalue weighted by molar-refractivity contribution is 6.30. The molecule has 1 N–H and O–H groups in total. The number of rotatable bonds is 7. The van der Waals surface area contributed by atoms with Gasteiger partial charge in [-0.05, 0) is 50.6 Å². The first kappa shape index (κ1) is 16.1. The summed E-state index contributed by atoms with van der Waals surface area (Å²) >= 11 is 6.00. The molecular formula is C16H22ClNO3. The third-order valence-corrected chi connectivity index (χ3v) is 4.00. The Morgan fingerprint density at radius 3 is 2.95 bits per heavy atom. The molecule has 1 aromatic carbocycles. The molecular weight excluding hydrogens is 290 g/mol. The lowest BCUT2D eigenvalue weighted by Gasteiger charge is -2.28. The van der Waals surface area contributed by atoms with Crippen LogP contribution in [0.3, 0.4) is 0 Å². The highest BCUT2D eigenvalue weighted by Gasteiger charge is 2.25. The quantitative estimate of drug-likeness (QED) is 0.840. The molecule has 0 spiro atoms. The molecule has 0 aliphatic carbocycles. The molecule has 0 fully saturated rings. The van der Waals surface area contributed by atoms with E-state index in [2.05, 4.69) is 18.7 Å². The summed E-state index contributed by atoms with van der Waals surface area (Å²) in [6, 6.07) is 6.09. The van der Waals surface area contributed by atoms with Gasteiger partial charge in [0, 0.05) is 30.5 Å². The fourth-order valence-corrected chi connectivity index (χ4v) is 2.84. The van der Waals surface area contributed by atoms with E-state index in [1.165, 1.54) is 0 Å². The molecule has 1 unspecified atom stereocenters. The molecule has 4 nitrogen and oxygen atoms in total. The summed E-state index contributed by atoms with van der Waals surface area (Å²) in [6.07, 6.45) is 1.85. The predicted molar refractivity (Wildman–Crippen MR) is 83.2 cm³/mol. The second-order valence-electron chi connectivity index (χ2n) is 5.78. The van der Waals surface area contributed by atoms with Crippen LogP contribution in [-0.2, 0) is 11.2 Å². The molecule has 1 atom stereocenters. The second kappa shape index (κ2) is 7.14. The van der Waals surface area contributed by atoms with Crippen molar-refractivity contribution in [1.29, 1.82) is 0 Å². The zero-order chi connectivity index (χ0) is 15.4. The van der Waals surface area contributed by atoms with Gasteiger partial charge in [0.15, 0.2) is 0 Å². The molecule has 1 aliphatic heterocycles. The second-order valence-corrected chi connectivity index (χ2v) is 6.22. The molecule has 0 radical (unpaired) electrons. The number of carboxylic acid groups (broad SMARTS) is 1. The van der Waals surface area contributed by atoms with Gasteiger partial charge in [-0.25, -0.2) is 0 Å². The highest BCUT2D eigenvalue weighted by atomic mass is 35.5. The van der Waals surface area contributed by atoms with Crippen LogP contribution in [0.4, 0.5) is 0 Å². The van der Waals surface area contributed by atoms with E-state index < -0.39 is 5.97 Å². The van der Waals surface area contributed by atoms with Crippen LogP contribution in [0.1, 0.15) is 32.3 Å². The molecule has 0 amide bonds. The van der Waals surface area contributed by atoms with Crippen molar-refractivity contribution in [2.24, 2.45) is 0 Å². The summed E-state index contributed by atoms with van der Waals surface area (Å²) in [4.78, 5) is 12.9. The first-order chi connectivity index (χ1) is 9.95. The molecule has 0 aromatic heterocycles. The smallest absolute Gasteiger partial charge is 0.303 e. The minimum atomic E-state index is -0.738. The molecule has 1 aliphatic rings. The van der Waals surface area contributed by atoms with E-state index >= 15 is 0 Å². The van der Waals surface area contributed by atoms with Crippen molar-refractivity contribution in [2.45, 2.75) is 45.3 Å². The largest absolute Gasteiger partial charge is 0.488 e. The topological polar surface area (TPSA) is 49.8 Å². The number of aliphatic carboxylic acids is 1. The SMILES string of the molecule is CC(C)N(CCCC(=O)O)CC1Cc2cc(Cl)ccc2O1. The van der Waals surface area contributed by atoms with Gasteiger partial charge in [0.2, 0.25) is 0 Å². The summed E-state index contributed by atoms with van der Waals surface area (Å²) in [6.45, 7) is 5.84. The lowest BCUT2D eigenvalue weighted by atomic mass is 10.1. The standard InChI is InChI=1S/C16H22ClNO3/c1-11(2)18(7-3-4-16(19)20)10-14-9-12-8-13(17)5-6-15(12)21-14/h5-6,8,11,14H,3-4,7,9-10H2,1-2H3,(H,19,20). The summed E-state index contributed by atoms with van der Waals surface area (Å²) in [5.41, 5.74) is 1.15. The van der Waals surface area contributed by atoms with Crippen LogP contribution in [0.25, 0.3) is 0 Å². The maximum absolute atomic E-state index is 10.6. The zero-order valence-electron chi connectivity index (χ0n) is 12.5. The fraction of sp³-hybridized carbons (Fsp3) is 0.562. The van der Waals surface area contributed by atoms with Crippen LogP contribution in [-0.4, -0.2) is 41.2 Å². The molecule has 0 bridgehead atoms. The van der Waals surface area contributed by atoms with Crippen LogP contribution in [0.15, 0.2) is 18.2 Å². The number of halogens is 1. The maximum atomic E-state index is 10.6. The van der Waals surface area contributed by atoms with E-state index in [1.807, 2.05) is 18.2 Å². The lowest BCUT2D eigenvalue weighted by Crippen LogP contribution is -2.40. The Balaban J connectivity index is 1.89. The van der Waals surface area contributed by atoms with Crippen molar-refractivity contribution in [2.75, 3.05) is 13.1 Å². The number of ether oxygens (including phenoxy) is 1. The molecule has 1 heterocycles. The van der Waals surface area contributed by atoms with Gasteiger partial charge in [0.1, 0.15) is 11.9 Å². The Hall–Kier alpha value is -1.26. The van der Waals surface area contributed by atoms with E-state index in [9.17, 15) is 4.79 Å². The van der Waals surface area contributed by atoms with Gasteiger partial charge in [-0.3, -0.25) is 9.69 Å². The van der Waals surface area contributed by atoms with Crippen LogP contribution in [0.5, 0.6) is 5.75 Å². The highest BCUT2D eigenvalue weighted by Crippen LogP contribution is 2.31. The number of carbonyl (C=O) groups is 1. The van der Waals surface area contributed by atoms with E-state index in [1.54, 1.807) is 0 Å². The zero-order valence-corrected chi connectivity index (χ0v) is 13.3. The van der Waals surface area contributed by atoms with Crippen LogP contribution in [0.2, 0.25) is 5.02 Å². The first-order valence-electron chi connectivity index (χ1n) is 7.36. The first-order valence-corrected chi connectivity index (χ1v) is 7.74. The van der Waals surface area contributed by atoms with Crippen molar-refractivity contribution in [3.8, 4) is 5.75 Å². The number of fused-ring (bicyclic) bond motifs is 1. The summed E-state index contributed by atoms with van der Waals surface area (Å²) in [7, 11) is 0. The van der Waals surface area contributed by atoms with Crippen LogP contribution < -0.4 is 4.74 Å². The molecule has 0 saturated heterocycles. The Morgan fingerprint density at radius 2 is 2.29 bits per heavy atom. The molecule has 21 heavy (non-hydrogen) atoms. The number of hydrogen-bond acceptors (Lipinski definition) is 3. The number of nitrogens with zero attached hydrogens (tertiary/aromatic N) is 1. The number of hydrogen-bond donors (Lipinski definition) is 1. The van der Waals surface area contributed by atoms with Gasteiger partial charge < -0.3 is 9.84 Å². The summed E-state index contributed by atoms with van der Waals surface area (Å²) in [5, 5.41) is 9.47. The van der Waals surface area contributed by atoms with Gasteiger partial charge in [0.05, 0.1) is 0 Å². The van der Waals surface area contributed by atoms with Gasteiger partial charge >= 0.3 is 5.97 Å². The van der Waals surface area contributed by atoms with Gasteiger partial charge in [-0.2, -0.15) is 0 Å². The molecule has 1 aromatic rings. The third kappa shape index (κ3) is 4.61. The monoisotopic (exact) mass is 311 g/mol. The average Bonchev–Trinajstić information content (AvgIpc) is 2.78. The Morgan fingerprint density at radius 1 is 1.52 bits per heavy atom. The summed E-state index contributed by atoms with van der Waals surface area (Å²) in [5.74, 6) is 0.177.